The van der Waals surface area contributed by atoms with E-state index < -0.39 is 5.97 Å². The molecule has 0 atom stereocenters. The van der Waals surface area contributed by atoms with Crippen molar-refractivity contribution in [2.24, 2.45) is 0 Å². The van der Waals surface area contributed by atoms with Gasteiger partial charge in [0.1, 0.15) is 5.69 Å². The Bertz CT molecular complexity index is 664. The summed E-state index contributed by atoms with van der Waals surface area (Å²) in [5.74, 6) is -0.430. The lowest BCUT2D eigenvalue weighted by molar-refractivity contribution is 0.0596. The van der Waals surface area contributed by atoms with Crippen molar-refractivity contribution in [2.75, 3.05) is 19.0 Å². The molecule has 0 radical (unpaired) electrons. The third kappa shape index (κ3) is 2.75. The van der Waals surface area contributed by atoms with Crippen LogP contribution in [0.4, 0.5) is 5.69 Å². The Labute approximate surface area is 122 Å². The van der Waals surface area contributed by atoms with Crippen LogP contribution in [-0.2, 0) is 4.74 Å². The van der Waals surface area contributed by atoms with Crippen LogP contribution in [0.1, 0.15) is 23.0 Å². The van der Waals surface area contributed by atoms with Gasteiger partial charge in [-0.1, -0.05) is 11.6 Å². The summed E-state index contributed by atoms with van der Waals surface area (Å²) in [6.45, 7) is 4.66. The van der Waals surface area contributed by atoms with E-state index >= 15 is 0 Å². The molecule has 0 saturated carbocycles. The summed E-state index contributed by atoms with van der Waals surface area (Å²) in [7, 11) is 1.35. The quantitative estimate of drug-likeness (QED) is 0.599. The maximum absolute atomic E-state index is 11.9. The molecule has 1 heterocycles. The Balaban J connectivity index is 2.54. The minimum absolute atomic E-state index is 0.369. The van der Waals surface area contributed by atoms with E-state index in [1.54, 1.807) is 0 Å². The first-order chi connectivity index (χ1) is 9.56. The molecule has 0 saturated heterocycles. The van der Waals surface area contributed by atoms with Crippen molar-refractivity contribution in [3.8, 4) is 0 Å². The third-order valence-electron chi connectivity index (χ3n) is 2.92. The topological polar surface area (TPSA) is 66.2 Å². The Morgan fingerprint density at radius 3 is 2.85 bits per heavy atom. The van der Waals surface area contributed by atoms with E-state index in [0.717, 1.165) is 16.5 Å². The number of anilines is 1. The van der Waals surface area contributed by atoms with E-state index in [1.807, 2.05) is 32.0 Å². The fourth-order valence-corrected chi connectivity index (χ4v) is 2.26. The molecule has 0 unspecified atom stereocenters. The average Bonchev–Trinajstić information content (AvgIpc) is 2.76. The van der Waals surface area contributed by atoms with E-state index in [2.05, 4.69) is 15.6 Å². The van der Waals surface area contributed by atoms with Gasteiger partial charge in [0.05, 0.1) is 12.8 Å². The van der Waals surface area contributed by atoms with Crippen molar-refractivity contribution in [1.29, 1.82) is 0 Å². The standard InChI is InChI=1S/C14H17N3O2S/c1-4-15-14(20)17-11-9-7-8(2)5-6-10(9)16-12(11)13(18)19-3/h5-7,16H,4H2,1-3H3,(H2,15,17,20). The zero-order chi connectivity index (χ0) is 14.7. The Morgan fingerprint density at radius 2 is 2.20 bits per heavy atom. The number of ether oxygens (including phenoxy) is 1. The number of hydrogen-bond acceptors (Lipinski definition) is 3. The number of aromatic nitrogens is 1. The van der Waals surface area contributed by atoms with Crippen LogP contribution in [0.5, 0.6) is 0 Å². The second-order valence-corrected chi connectivity index (χ2v) is 4.81. The molecule has 3 N–H and O–H groups in total. The highest BCUT2D eigenvalue weighted by atomic mass is 32.1. The summed E-state index contributed by atoms with van der Waals surface area (Å²) in [4.78, 5) is 14.9. The van der Waals surface area contributed by atoms with E-state index in [4.69, 9.17) is 17.0 Å². The molecule has 0 aliphatic carbocycles. The number of fused-ring (bicyclic) bond motifs is 1. The molecule has 0 spiro atoms. The number of benzene rings is 1. The lowest BCUT2D eigenvalue weighted by Gasteiger charge is -2.09. The summed E-state index contributed by atoms with van der Waals surface area (Å²) in [5.41, 5.74) is 2.97. The number of aromatic amines is 1. The lowest BCUT2D eigenvalue weighted by Crippen LogP contribution is -2.28. The maximum Gasteiger partial charge on any atom is 0.356 e. The third-order valence-corrected chi connectivity index (χ3v) is 3.17. The predicted octanol–water partition coefficient (Wildman–Crippen LogP) is 2.57. The number of rotatable bonds is 3. The molecule has 2 aromatic rings. The predicted molar refractivity (Wildman–Crippen MR) is 84.3 cm³/mol. The van der Waals surface area contributed by atoms with Crippen molar-refractivity contribution in [3.05, 3.63) is 29.5 Å². The highest BCUT2D eigenvalue weighted by Crippen LogP contribution is 2.29. The van der Waals surface area contributed by atoms with Gasteiger partial charge in [-0.05, 0) is 38.2 Å². The second kappa shape index (κ2) is 5.92. The van der Waals surface area contributed by atoms with Crippen LogP contribution in [0.15, 0.2) is 18.2 Å². The van der Waals surface area contributed by atoms with E-state index in [1.165, 1.54) is 7.11 Å². The first kappa shape index (κ1) is 14.3. The molecule has 0 amide bonds. The Kier molecular flexibility index (Phi) is 4.24. The summed E-state index contributed by atoms with van der Waals surface area (Å²) >= 11 is 5.19. The van der Waals surface area contributed by atoms with Crippen molar-refractivity contribution in [3.63, 3.8) is 0 Å². The average molecular weight is 291 g/mol. The zero-order valence-corrected chi connectivity index (χ0v) is 12.5. The fraction of sp³-hybridized carbons (Fsp3) is 0.286. The monoisotopic (exact) mass is 291 g/mol. The number of hydrogen-bond donors (Lipinski definition) is 3. The van der Waals surface area contributed by atoms with Gasteiger partial charge in [-0.3, -0.25) is 0 Å². The Hall–Kier alpha value is -2.08. The van der Waals surface area contributed by atoms with E-state index in [0.29, 0.717) is 23.0 Å². The van der Waals surface area contributed by atoms with Gasteiger partial charge in [-0.15, -0.1) is 0 Å². The van der Waals surface area contributed by atoms with Gasteiger partial charge in [0.15, 0.2) is 5.11 Å². The summed E-state index contributed by atoms with van der Waals surface area (Å²) < 4.78 is 4.80. The number of thiocarbonyl (C=S) groups is 1. The number of carbonyl (C=O) groups excluding carboxylic acids is 1. The molecular weight excluding hydrogens is 274 g/mol. The minimum Gasteiger partial charge on any atom is -0.464 e. The first-order valence-corrected chi connectivity index (χ1v) is 6.73. The van der Waals surface area contributed by atoms with Crippen molar-refractivity contribution in [2.45, 2.75) is 13.8 Å². The molecule has 1 aromatic carbocycles. The fourth-order valence-electron chi connectivity index (χ4n) is 2.01. The largest absolute Gasteiger partial charge is 0.464 e. The van der Waals surface area contributed by atoms with Crippen LogP contribution in [0.25, 0.3) is 10.9 Å². The van der Waals surface area contributed by atoms with Crippen molar-refractivity contribution < 1.29 is 9.53 Å². The number of carbonyl (C=O) groups is 1. The van der Waals surface area contributed by atoms with Crippen LogP contribution in [0.3, 0.4) is 0 Å². The van der Waals surface area contributed by atoms with E-state index in [9.17, 15) is 4.79 Å². The second-order valence-electron chi connectivity index (χ2n) is 4.40. The zero-order valence-electron chi connectivity index (χ0n) is 11.7. The lowest BCUT2D eigenvalue weighted by atomic mass is 10.1. The van der Waals surface area contributed by atoms with Crippen LogP contribution >= 0.6 is 12.2 Å². The molecule has 1 aromatic heterocycles. The first-order valence-electron chi connectivity index (χ1n) is 6.32. The molecule has 0 fully saturated rings. The van der Waals surface area contributed by atoms with Gasteiger partial charge in [0, 0.05) is 17.4 Å². The van der Waals surface area contributed by atoms with E-state index in [-0.39, 0.29) is 0 Å². The number of H-pyrrole nitrogens is 1. The molecule has 0 aliphatic rings. The number of esters is 1. The van der Waals surface area contributed by atoms with Gasteiger partial charge in [-0.25, -0.2) is 4.79 Å². The minimum atomic E-state index is -0.430. The SMILES string of the molecule is CCNC(=S)Nc1c(C(=O)OC)[nH]c2ccc(C)cc12. The molecular formula is C14H17N3O2S. The summed E-state index contributed by atoms with van der Waals surface area (Å²) in [5, 5.41) is 7.45. The van der Waals surface area contributed by atoms with Crippen LogP contribution in [0.2, 0.25) is 0 Å². The maximum atomic E-state index is 11.9. The van der Waals surface area contributed by atoms with Crippen LogP contribution < -0.4 is 10.6 Å². The Morgan fingerprint density at radius 1 is 1.45 bits per heavy atom. The van der Waals surface area contributed by atoms with Gasteiger partial charge < -0.3 is 20.4 Å². The summed E-state index contributed by atoms with van der Waals surface area (Å²) in [6.07, 6.45) is 0. The molecule has 5 nitrogen and oxygen atoms in total. The molecule has 106 valence electrons. The molecule has 6 heteroatoms. The highest BCUT2D eigenvalue weighted by Gasteiger charge is 2.19. The van der Waals surface area contributed by atoms with Crippen LogP contribution in [0, 0.1) is 6.92 Å². The molecule has 0 aliphatic heterocycles. The van der Waals surface area contributed by atoms with Gasteiger partial charge in [-0.2, -0.15) is 0 Å². The number of nitrogens with one attached hydrogen (secondary N) is 3. The number of methoxy groups -OCH3 is 1. The normalized spacial score (nSPS) is 10.3. The molecule has 0 bridgehead atoms. The van der Waals surface area contributed by atoms with Crippen molar-refractivity contribution in [1.82, 2.24) is 10.3 Å². The van der Waals surface area contributed by atoms with Gasteiger partial charge in [0.25, 0.3) is 0 Å². The smallest absolute Gasteiger partial charge is 0.356 e. The molecule has 20 heavy (non-hydrogen) atoms. The van der Waals surface area contributed by atoms with Crippen molar-refractivity contribution >= 4 is 39.9 Å². The summed E-state index contributed by atoms with van der Waals surface area (Å²) in [6, 6.07) is 5.90. The molecule has 2 rings (SSSR count). The highest BCUT2D eigenvalue weighted by molar-refractivity contribution is 7.80. The van der Waals surface area contributed by atoms with Gasteiger partial charge >= 0.3 is 5.97 Å². The van der Waals surface area contributed by atoms with Gasteiger partial charge in [0.2, 0.25) is 0 Å². The number of aryl methyl sites for hydroxylation is 1. The van der Waals surface area contributed by atoms with Crippen LogP contribution in [-0.4, -0.2) is 29.7 Å².